The standard InChI is InChI=1S/C10H5Cl2NO2/c11-8-3-1-6-2-4-10(13(14)15)7(6)5-9(8)12/h1-5H. The predicted octanol–water partition coefficient (Wildman–Crippen LogP) is 4.01. The van der Waals surface area contributed by atoms with Crippen molar-refractivity contribution in [1.82, 2.24) is 0 Å². The maximum Gasteiger partial charge on any atom is 0.277 e. The third-order valence-corrected chi connectivity index (χ3v) is 2.85. The Balaban J connectivity index is 2.75. The minimum Gasteiger partial charge on any atom is -0.258 e. The van der Waals surface area contributed by atoms with Crippen LogP contribution in [0.5, 0.6) is 0 Å². The van der Waals surface area contributed by atoms with Crippen LogP contribution in [0.4, 0.5) is 5.69 Å². The van der Waals surface area contributed by atoms with Crippen LogP contribution >= 0.6 is 23.2 Å². The molecule has 0 aromatic carbocycles. The summed E-state index contributed by atoms with van der Waals surface area (Å²) >= 11 is 11.7. The van der Waals surface area contributed by atoms with E-state index in [0.29, 0.717) is 15.6 Å². The zero-order chi connectivity index (χ0) is 11.0. The maximum atomic E-state index is 10.7. The molecule has 0 saturated heterocycles. The lowest BCUT2D eigenvalue weighted by molar-refractivity contribution is -0.383. The van der Waals surface area contributed by atoms with E-state index in [4.69, 9.17) is 23.2 Å². The van der Waals surface area contributed by atoms with Crippen molar-refractivity contribution in [1.29, 1.82) is 0 Å². The Bertz CT molecular complexity index is 513. The molecular weight excluding hydrogens is 237 g/mol. The molecule has 3 nitrogen and oxygen atoms in total. The molecule has 0 unspecified atom stereocenters. The average molecular weight is 242 g/mol. The van der Waals surface area contributed by atoms with E-state index in [1.165, 1.54) is 12.1 Å². The molecule has 0 amide bonds. The minimum atomic E-state index is -0.438. The summed E-state index contributed by atoms with van der Waals surface area (Å²) in [5.41, 5.74) is 1.28. The van der Waals surface area contributed by atoms with E-state index < -0.39 is 4.92 Å². The number of hydrogen-bond acceptors (Lipinski definition) is 2. The maximum absolute atomic E-state index is 10.7. The third kappa shape index (κ3) is 1.76. The Hall–Kier alpha value is -1.32. The first-order chi connectivity index (χ1) is 7.09. The molecule has 0 N–H and O–H groups in total. The van der Waals surface area contributed by atoms with Crippen LogP contribution < -0.4 is 0 Å². The molecule has 0 bridgehead atoms. The third-order valence-electron chi connectivity index (χ3n) is 2.11. The summed E-state index contributed by atoms with van der Waals surface area (Å²) < 4.78 is 0. The second-order valence-corrected chi connectivity index (χ2v) is 3.83. The van der Waals surface area contributed by atoms with Gasteiger partial charge >= 0.3 is 0 Å². The molecule has 0 aromatic heterocycles. The number of nitrogens with zero attached hydrogens (tertiary/aromatic N) is 1. The Labute approximate surface area is 95.7 Å². The molecule has 2 aliphatic rings. The Kier molecular flexibility index (Phi) is 2.50. The summed E-state index contributed by atoms with van der Waals surface area (Å²) in [6.07, 6.45) is 0. The first kappa shape index (κ1) is 10.2. The van der Waals surface area contributed by atoms with Crippen molar-refractivity contribution in [3.63, 3.8) is 0 Å². The summed E-state index contributed by atoms with van der Waals surface area (Å²) in [6.45, 7) is 0. The molecule has 76 valence electrons. The van der Waals surface area contributed by atoms with Crippen molar-refractivity contribution < 1.29 is 4.92 Å². The summed E-state index contributed by atoms with van der Waals surface area (Å²) in [5.74, 6) is 0. The summed E-state index contributed by atoms with van der Waals surface area (Å²) in [4.78, 5) is 10.3. The summed E-state index contributed by atoms with van der Waals surface area (Å²) in [6, 6.07) is 7.96. The van der Waals surface area contributed by atoms with Crippen LogP contribution in [0.25, 0.3) is 11.1 Å². The van der Waals surface area contributed by atoms with Gasteiger partial charge in [-0.05, 0) is 23.8 Å². The lowest BCUT2D eigenvalue weighted by atomic mass is 10.2. The van der Waals surface area contributed by atoms with Crippen LogP contribution in [-0.4, -0.2) is 4.92 Å². The van der Waals surface area contributed by atoms with Gasteiger partial charge in [0.25, 0.3) is 5.69 Å². The van der Waals surface area contributed by atoms with Crippen LogP contribution in [0.1, 0.15) is 0 Å². The largest absolute Gasteiger partial charge is 0.277 e. The van der Waals surface area contributed by atoms with Gasteiger partial charge in [0, 0.05) is 6.07 Å². The monoisotopic (exact) mass is 241 g/mol. The molecule has 0 aromatic rings. The smallest absolute Gasteiger partial charge is 0.258 e. The molecule has 15 heavy (non-hydrogen) atoms. The Morgan fingerprint density at radius 1 is 1.07 bits per heavy atom. The van der Waals surface area contributed by atoms with Crippen LogP contribution in [0.2, 0.25) is 10.0 Å². The average Bonchev–Trinajstić information content (AvgIpc) is 2.51. The topological polar surface area (TPSA) is 43.1 Å². The SMILES string of the molecule is O=[N+]([O-])c1ccc2ccc(Cl)c(Cl)cc1-2. The van der Waals surface area contributed by atoms with Crippen LogP contribution in [0.3, 0.4) is 0 Å². The Morgan fingerprint density at radius 3 is 2.40 bits per heavy atom. The van der Waals surface area contributed by atoms with Crippen LogP contribution in [0, 0.1) is 10.1 Å². The molecule has 0 radical (unpaired) electrons. The molecule has 2 rings (SSSR count). The zero-order valence-corrected chi connectivity index (χ0v) is 8.92. The predicted molar refractivity (Wildman–Crippen MR) is 59.7 cm³/mol. The number of halogens is 2. The van der Waals surface area contributed by atoms with E-state index in [2.05, 4.69) is 0 Å². The van der Waals surface area contributed by atoms with Gasteiger partial charge in [-0.25, -0.2) is 0 Å². The lowest BCUT2D eigenvalue weighted by Gasteiger charge is -1.92. The van der Waals surface area contributed by atoms with Gasteiger partial charge < -0.3 is 0 Å². The van der Waals surface area contributed by atoms with Crippen molar-refractivity contribution in [3.8, 4) is 11.1 Å². The van der Waals surface area contributed by atoms with Gasteiger partial charge in [0.05, 0.1) is 20.5 Å². The van der Waals surface area contributed by atoms with Crippen molar-refractivity contribution in [2.24, 2.45) is 0 Å². The highest BCUT2D eigenvalue weighted by atomic mass is 35.5. The first-order valence-corrected chi connectivity index (χ1v) is 4.87. The molecule has 2 aliphatic carbocycles. The van der Waals surface area contributed by atoms with Gasteiger partial charge in [-0.1, -0.05) is 29.3 Å². The van der Waals surface area contributed by atoms with Gasteiger partial charge in [-0.3, -0.25) is 10.1 Å². The molecule has 0 fully saturated rings. The van der Waals surface area contributed by atoms with Gasteiger partial charge in [0.1, 0.15) is 0 Å². The first-order valence-electron chi connectivity index (χ1n) is 4.12. The van der Waals surface area contributed by atoms with E-state index in [9.17, 15) is 10.1 Å². The highest BCUT2D eigenvalue weighted by Gasteiger charge is 2.18. The van der Waals surface area contributed by atoms with Crippen LogP contribution in [0.15, 0.2) is 30.3 Å². The van der Waals surface area contributed by atoms with Crippen LogP contribution in [-0.2, 0) is 0 Å². The molecule has 0 aliphatic heterocycles. The lowest BCUT2D eigenvalue weighted by Crippen LogP contribution is -1.85. The van der Waals surface area contributed by atoms with Crippen molar-refractivity contribution in [3.05, 3.63) is 50.5 Å². The zero-order valence-electron chi connectivity index (χ0n) is 7.41. The fourth-order valence-corrected chi connectivity index (χ4v) is 1.69. The highest BCUT2D eigenvalue weighted by Crippen LogP contribution is 2.36. The van der Waals surface area contributed by atoms with E-state index in [1.807, 2.05) is 0 Å². The molecular formula is C10H5Cl2NO2. The second kappa shape index (κ2) is 3.68. The molecule has 5 heteroatoms. The fourth-order valence-electron chi connectivity index (χ4n) is 1.40. The van der Waals surface area contributed by atoms with Gasteiger partial charge in [0.15, 0.2) is 0 Å². The normalized spacial score (nSPS) is 10.5. The van der Waals surface area contributed by atoms with Crippen molar-refractivity contribution >= 4 is 28.9 Å². The van der Waals surface area contributed by atoms with E-state index in [-0.39, 0.29) is 5.69 Å². The quantitative estimate of drug-likeness (QED) is 0.560. The number of nitro groups is 1. The van der Waals surface area contributed by atoms with E-state index in [1.54, 1.807) is 18.2 Å². The van der Waals surface area contributed by atoms with Gasteiger partial charge in [-0.2, -0.15) is 0 Å². The van der Waals surface area contributed by atoms with E-state index >= 15 is 0 Å². The summed E-state index contributed by atoms with van der Waals surface area (Å²) in [5, 5.41) is 11.4. The molecule has 0 saturated carbocycles. The minimum absolute atomic E-state index is 0.0409. The molecule has 0 heterocycles. The molecule has 0 spiro atoms. The van der Waals surface area contributed by atoms with Gasteiger partial charge in [0.2, 0.25) is 0 Å². The second-order valence-electron chi connectivity index (χ2n) is 3.02. The number of hydrogen-bond donors (Lipinski definition) is 0. The van der Waals surface area contributed by atoms with Gasteiger partial charge in [-0.15, -0.1) is 0 Å². The fraction of sp³-hybridized carbons (Fsp3) is 0. The van der Waals surface area contributed by atoms with Crippen molar-refractivity contribution in [2.45, 2.75) is 0 Å². The van der Waals surface area contributed by atoms with Crippen molar-refractivity contribution in [2.75, 3.05) is 0 Å². The number of fused-ring (bicyclic) bond motifs is 1. The summed E-state index contributed by atoms with van der Waals surface area (Å²) in [7, 11) is 0. The Morgan fingerprint density at radius 2 is 1.73 bits per heavy atom. The highest BCUT2D eigenvalue weighted by molar-refractivity contribution is 6.42. The van der Waals surface area contributed by atoms with E-state index in [0.717, 1.165) is 5.56 Å². The number of rotatable bonds is 1. The molecule has 0 atom stereocenters.